The molecule has 0 fully saturated rings. The smallest absolute Gasteiger partial charge is 0.0393 e. The molecule has 120 valence electrons. The highest BCUT2D eigenvalue weighted by atomic mass is 14.6. The molecule has 2 aromatic rings. The molecular formula is C20H30N2. The number of nitrogen functional groups attached to an aromatic ring is 2. The molecule has 0 amide bonds. The Morgan fingerprint density at radius 2 is 1.45 bits per heavy atom. The van der Waals surface area contributed by atoms with E-state index in [0.717, 1.165) is 28.6 Å². The predicted molar refractivity (Wildman–Crippen MR) is 99.1 cm³/mol. The molecule has 2 rings (SSSR count). The molecule has 0 atom stereocenters. The van der Waals surface area contributed by atoms with Gasteiger partial charge in [0.1, 0.15) is 0 Å². The lowest BCUT2D eigenvalue weighted by atomic mass is 9.99. The van der Waals surface area contributed by atoms with Crippen molar-refractivity contribution in [2.75, 3.05) is 11.5 Å². The fourth-order valence-corrected chi connectivity index (χ4v) is 3.08. The van der Waals surface area contributed by atoms with Crippen LogP contribution in [0, 0.1) is 0 Å². The molecule has 2 heteroatoms. The molecule has 0 bridgehead atoms. The number of fused-ring (bicyclic) bond motifs is 1. The average molecular weight is 298 g/mol. The summed E-state index contributed by atoms with van der Waals surface area (Å²) in [6, 6.07) is 10.3. The third-order valence-corrected chi connectivity index (χ3v) is 4.47. The van der Waals surface area contributed by atoms with Gasteiger partial charge in [0.2, 0.25) is 0 Å². The number of anilines is 2. The Morgan fingerprint density at radius 1 is 0.773 bits per heavy atom. The van der Waals surface area contributed by atoms with E-state index in [9.17, 15) is 0 Å². The van der Waals surface area contributed by atoms with E-state index in [1.807, 2.05) is 12.1 Å². The van der Waals surface area contributed by atoms with E-state index in [-0.39, 0.29) is 0 Å². The van der Waals surface area contributed by atoms with Crippen LogP contribution in [-0.2, 0) is 6.42 Å². The molecule has 0 aliphatic rings. The quantitative estimate of drug-likeness (QED) is 0.461. The van der Waals surface area contributed by atoms with E-state index >= 15 is 0 Å². The molecule has 4 N–H and O–H groups in total. The molecular weight excluding hydrogens is 268 g/mol. The first kappa shape index (κ1) is 16.7. The van der Waals surface area contributed by atoms with Crippen LogP contribution in [0.25, 0.3) is 10.8 Å². The van der Waals surface area contributed by atoms with Crippen LogP contribution in [0.1, 0.15) is 63.9 Å². The van der Waals surface area contributed by atoms with Crippen molar-refractivity contribution >= 4 is 22.1 Å². The van der Waals surface area contributed by atoms with Gasteiger partial charge in [-0.3, -0.25) is 0 Å². The third-order valence-electron chi connectivity index (χ3n) is 4.47. The van der Waals surface area contributed by atoms with Gasteiger partial charge in [-0.1, -0.05) is 64.0 Å². The molecule has 0 spiro atoms. The third kappa shape index (κ3) is 4.66. The van der Waals surface area contributed by atoms with Gasteiger partial charge in [-0.05, 0) is 42.0 Å². The van der Waals surface area contributed by atoms with Crippen LogP contribution < -0.4 is 11.5 Å². The number of hydrogen-bond donors (Lipinski definition) is 2. The summed E-state index contributed by atoms with van der Waals surface area (Å²) in [5, 5.41) is 2.27. The molecule has 2 aromatic carbocycles. The maximum Gasteiger partial charge on any atom is 0.0393 e. The number of nitrogens with two attached hydrogens (primary N) is 2. The highest BCUT2D eigenvalue weighted by Crippen LogP contribution is 2.27. The van der Waals surface area contributed by atoms with Crippen LogP contribution in [0.5, 0.6) is 0 Å². The highest BCUT2D eigenvalue weighted by molar-refractivity contribution is 5.95. The van der Waals surface area contributed by atoms with Crippen LogP contribution in [0.2, 0.25) is 0 Å². The standard InChI is InChI=1S/C20H30N2/c1-2-3-4-5-6-7-8-9-11-17-14-18-16(15-20(17)22)12-10-13-19(18)21/h10,12-15H,2-9,11,21-22H2,1H3. The van der Waals surface area contributed by atoms with E-state index in [2.05, 4.69) is 25.1 Å². The van der Waals surface area contributed by atoms with Gasteiger partial charge in [0.25, 0.3) is 0 Å². The van der Waals surface area contributed by atoms with Crippen molar-refractivity contribution < 1.29 is 0 Å². The maximum absolute atomic E-state index is 6.19. The zero-order chi connectivity index (χ0) is 15.8. The minimum Gasteiger partial charge on any atom is -0.398 e. The number of hydrogen-bond acceptors (Lipinski definition) is 2. The summed E-state index contributed by atoms with van der Waals surface area (Å²) in [6.45, 7) is 2.26. The Balaban J connectivity index is 1.82. The Kier molecular flexibility index (Phi) is 6.57. The molecule has 0 aromatic heterocycles. The first-order valence-corrected chi connectivity index (χ1v) is 8.79. The fourth-order valence-electron chi connectivity index (χ4n) is 3.08. The molecule has 0 saturated carbocycles. The van der Waals surface area contributed by atoms with Gasteiger partial charge in [0.15, 0.2) is 0 Å². The molecule has 0 saturated heterocycles. The second kappa shape index (κ2) is 8.67. The number of unbranched alkanes of at least 4 members (excludes halogenated alkanes) is 7. The van der Waals surface area contributed by atoms with Crippen molar-refractivity contribution in [3.8, 4) is 0 Å². The lowest BCUT2D eigenvalue weighted by Crippen LogP contribution is -1.97. The van der Waals surface area contributed by atoms with Gasteiger partial charge in [-0.25, -0.2) is 0 Å². The van der Waals surface area contributed by atoms with Crippen molar-refractivity contribution in [2.24, 2.45) is 0 Å². The molecule has 0 heterocycles. The Hall–Kier alpha value is -1.70. The lowest BCUT2D eigenvalue weighted by Gasteiger charge is -2.10. The second-order valence-corrected chi connectivity index (χ2v) is 6.34. The van der Waals surface area contributed by atoms with E-state index in [4.69, 9.17) is 11.5 Å². The lowest BCUT2D eigenvalue weighted by molar-refractivity contribution is 0.576. The van der Waals surface area contributed by atoms with E-state index < -0.39 is 0 Å². The van der Waals surface area contributed by atoms with E-state index in [0.29, 0.717) is 0 Å². The fraction of sp³-hybridized carbons (Fsp3) is 0.500. The topological polar surface area (TPSA) is 52.0 Å². The van der Waals surface area contributed by atoms with Crippen molar-refractivity contribution in [2.45, 2.75) is 64.7 Å². The molecule has 22 heavy (non-hydrogen) atoms. The minimum atomic E-state index is 0.842. The largest absolute Gasteiger partial charge is 0.398 e. The van der Waals surface area contributed by atoms with Gasteiger partial charge in [0, 0.05) is 16.8 Å². The van der Waals surface area contributed by atoms with Crippen LogP contribution in [0.4, 0.5) is 11.4 Å². The monoisotopic (exact) mass is 298 g/mol. The minimum absolute atomic E-state index is 0.842. The molecule has 0 aliphatic carbocycles. The van der Waals surface area contributed by atoms with Crippen LogP contribution in [0.15, 0.2) is 30.3 Å². The first-order valence-electron chi connectivity index (χ1n) is 8.79. The second-order valence-electron chi connectivity index (χ2n) is 6.34. The van der Waals surface area contributed by atoms with Crippen molar-refractivity contribution in [1.29, 1.82) is 0 Å². The van der Waals surface area contributed by atoms with Crippen LogP contribution >= 0.6 is 0 Å². The Bertz CT molecular complexity index is 590. The maximum atomic E-state index is 6.19. The SMILES string of the molecule is CCCCCCCCCCc1cc2c(N)cccc2cc1N. The van der Waals surface area contributed by atoms with Gasteiger partial charge < -0.3 is 11.5 Å². The van der Waals surface area contributed by atoms with Crippen LogP contribution in [0.3, 0.4) is 0 Å². The van der Waals surface area contributed by atoms with E-state index in [1.165, 1.54) is 56.9 Å². The molecule has 0 radical (unpaired) electrons. The average Bonchev–Trinajstić information content (AvgIpc) is 2.51. The van der Waals surface area contributed by atoms with Gasteiger partial charge >= 0.3 is 0 Å². The van der Waals surface area contributed by atoms with Crippen molar-refractivity contribution in [1.82, 2.24) is 0 Å². The zero-order valence-corrected chi connectivity index (χ0v) is 13.9. The number of aryl methyl sites for hydroxylation is 1. The molecule has 2 nitrogen and oxygen atoms in total. The summed E-state index contributed by atoms with van der Waals surface area (Å²) in [5.41, 5.74) is 15.3. The summed E-state index contributed by atoms with van der Waals surface area (Å²) in [5.74, 6) is 0. The number of rotatable bonds is 9. The van der Waals surface area contributed by atoms with E-state index in [1.54, 1.807) is 0 Å². The molecule has 0 aliphatic heterocycles. The summed E-state index contributed by atoms with van der Waals surface area (Å²) < 4.78 is 0. The summed E-state index contributed by atoms with van der Waals surface area (Å²) in [6.07, 6.45) is 11.8. The van der Waals surface area contributed by atoms with Gasteiger partial charge in [-0.2, -0.15) is 0 Å². The Morgan fingerprint density at radius 3 is 2.18 bits per heavy atom. The first-order chi connectivity index (χ1) is 10.7. The summed E-state index contributed by atoms with van der Waals surface area (Å²) in [4.78, 5) is 0. The summed E-state index contributed by atoms with van der Waals surface area (Å²) in [7, 11) is 0. The predicted octanol–water partition coefficient (Wildman–Crippen LogP) is 5.69. The van der Waals surface area contributed by atoms with Gasteiger partial charge in [0.05, 0.1) is 0 Å². The van der Waals surface area contributed by atoms with Gasteiger partial charge in [-0.15, -0.1) is 0 Å². The molecule has 0 unspecified atom stereocenters. The van der Waals surface area contributed by atoms with Crippen molar-refractivity contribution in [3.63, 3.8) is 0 Å². The summed E-state index contributed by atoms with van der Waals surface area (Å²) >= 11 is 0. The Labute approximate surface area is 134 Å². The highest BCUT2D eigenvalue weighted by Gasteiger charge is 2.04. The van der Waals surface area contributed by atoms with Crippen LogP contribution in [-0.4, -0.2) is 0 Å². The normalized spacial score (nSPS) is 11.1. The number of benzene rings is 2. The van der Waals surface area contributed by atoms with Crippen molar-refractivity contribution in [3.05, 3.63) is 35.9 Å². The zero-order valence-electron chi connectivity index (χ0n) is 13.9.